The van der Waals surface area contributed by atoms with Crippen LogP contribution in [0.25, 0.3) is 0 Å². The van der Waals surface area contributed by atoms with E-state index < -0.39 is 0 Å². The molecule has 90 valence electrons. The molecule has 0 saturated heterocycles. The maximum absolute atomic E-state index is 5.94. The molecule has 0 aliphatic heterocycles. The summed E-state index contributed by atoms with van der Waals surface area (Å²) in [6.45, 7) is 10.5. The predicted octanol–water partition coefficient (Wildman–Crippen LogP) is 4.90. The lowest BCUT2D eigenvalue weighted by Crippen LogP contribution is -2.08. The molecule has 0 fully saturated rings. The fourth-order valence-electron chi connectivity index (χ4n) is 1.78. The van der Waals surface area contributed by atoms with Crippen molar-refractivity contribution in [1.82, 2.24) is 0 Å². The average Bonchev–Trinajstić information content (AvgIpc) is 2.16. The van der Waals surface area contributed by atoms with Crippen LogP contribution >= 0.6 is 11.6 Å². The van der Waals surface area contributed by atoms with Crippen molar-refractivity contribution < 1.29 is 4.74 Å². The van der Waals surface area contributed by atoms with Crippen molar-refractivity contribution in [1.29, 1.82) is 0 Å². The van der Waals surface area contributed by atoms with Gasteiger partial charge in [0.05, 0.1) is 0 Å². The van der Waals surface area contributed by atoms with Crippen LogP contribution in [0.2, 0.25) is 0 Å². The Morgan fingerprint density at radius 1 is 0.938 bits per heavy atom. The minimum Gasteiger partial charge on any atom is -0.474 e. The highest BCUT2D eigenvalue weighted by atomic mass is 35.5. The molecule has 0 bridgehead atoms. The molecule has 1 nitrogen and oxygen atoms in total. The van der Waals surface area contributed by atoms with E-state index in [0.717, 1.165) is 5.75 Å². The SMILES string of the molecule is CC(Cl)Oc1c(C(C)C)cccc1C(C)C. The van der Waals surface area contributed by atoms with Gasteiger partial charge in [0.25, 0.3) is 0 Å². The van der Waals surface area contributed by atoms with Crippen molar-refractivity contribution in [3.8, 4) is 5.75 Å². The van der Waals surface area contributed by atoms with Gasteiger partial charge in [-0.15, -0.1) is 0 Å². The summed E-state index contributed by atoms with van der Waals surface area (Å²) in [5, 5.41) is 0. The largest absolute Gasteiger partial charge is 0.474 e. The Balaban J connectivity index is 3.23. The molecule has 16 heavy (non-hydrogen) atoms. The second kappa shape index (κ2) is 5.58. The summed E-state index contributed by atoms with van der Waals surface area (Å²) in [4.78, 5) is 0. The van der Waals surface area contributed by atoms with E-state index in [0.29, 0.717) is 11.8 Å². The summed E-state index contributed by atoms with van der Waals surface area (Å²) in [7, 11) is 0. The van der Waals surface area contributed by atoms with Gasteiger partial charge in [-0.05, 0) is 29.9 Å². The van der Waals surface area contributed by atoms with Crippen LogP contribution < -0.4 is 4.74 Å². The second-order valence-electron chi connectivity index (χ2n) is 4.74. The third-order valence-corrected chi connectivity index (χ3v) is 2.69. The Hall–Kier alpha value is -0.690. The zero-order valence-electron chi connectivity index (χ0n) is 10.8. The molecule has 0 radical (unpaired) electrons. The molecule has 1 rings (SSSR count). The van der Waals surface area contributed by atoms with Crippen molar-refractivity contribution >= 4 is 11.6 Å². The topological polar surface area (TPSA) is 9.23 Å². The number of hydrogen-bond acceptors (Lipinski definition) is 1. The zero-order chi connectivity index (χ0) is 12.3. The fourth-order valence-corrected chi connectivity index (χ4v) is 1.87. The molecular formula is C14H21ClO. The highest BCUT2D eigenvalue weighted by Gasteiger charge is 2.16. The first kappa shape index (κ1) is 13.4. The third kappa shape index (κ3) is 3.15. The number of para-hydroxylation sites is 1. The number of rotatable bonds is 4. The number of ether oxygens (including phenoxy) is 1. The van der Waals surface area contributed by atoms with Crippen LogP contribution in [0.1, 0.15) is 57.6 Å². The highest BCUT2D eigenvalue weighted by molar-refractivity contribution is 6.19. The summed E-state index contributed by atoms with van der Waals surface area (Å²) >= 11 is 5.94. The molecule has 0 saturated carbocycles. The zero-order valence-corrected chi connectivity index (χ0v) is 11.5. The van der Waals surface area contributed by atoms with Gasteiger partial charge < -0.3 is 4.74 Å². The number of alkyl halides is 1. The minimum atomic E-state index is -0.294. The van der Waals surface area contributed by atoms with Crippen LogP contribution in [0.3, 0.4) is 0 Å². The van der Waals surface area contributed by atoms with Gasteiger partial charge in [-0.2, -0.15) is 0 Å². The van der Waals surface area contributed by atoms with E-state index in [-0.39, 0.29) is 5.56 Å². The Kier molecular flexibility index (Phi) is 4.67. The molecule has 1 atom stereocenters. The first-order valence-corrected chi connectivity index (χ1v) is 6.30. The molecule has 0 N–H and O–H groups in total. The first-order chi connectivity index (χ1) is 7.43. The van der Waals surface area contributed by atoms with Gasteiger partial charge >= 0.3 is 0 Å². The maximum Gasteiger partial charge on any atom is 0.169 e. The third-order valence-electron chi connectivity index (χ3n) is 2.60. The van der Waals surface area contributed by atoms with Crippen LogP contribution in [-0.4, -0.2) is 5.56 Å². The fraction of sp³-hybridized carbons (Fsp3) is 0.571. The van der Waals surface area contributed by atoms with E-state index in [1.807, 2.05) is 6.92 Å². The Labute approximate surface area is 104 Å². The maximum atomic E-state index is 5.94. The molecule has 0 aliphatic rings. The Morgan fingerprint density at radius 2 is 1.38 bits per heavy atom. The number of benzene rings is 1. The molecule has 0 amide bonds. The summed E-state index contributed by atoms with van der Waals surface area (Å²) in [6.07, 6.45) is 0. The van der Waals surface area contributed by atoms with Gasteiger partial charge in [0.2, 0.25) is 0 Å². The molecule has 0 aromatic heterocycles. The summed E-state index contributed by atoms with van der Waals surface area (Å²) in [5.41, 5.74) is 2.18. The lowest BCUT2D eigenvalue weighted by molar-refractivity contribution is 0.292. The molecule has 0 heterocycles. The van der Waals surface area contributed by atoms with Crippen molar-refractivity contribution in [2.75, 3.05) is 0 Å². The Bertz CT molecular complexity index is 316. The van der Waals surface area contributed by atoms with E-state index in [4.69, 9.17) is 16.3 Å². The molecule has 0 spiro atoms. The summed E-state index contributed by atoms with van der Waals surface area (Å²) in [5.74, 6) is 1.86. The van der Waals surface area contributed by atoms with E-state index in [9.17, 15) is 0 Å². The summed E-state index contributed by atoms with van der Waals surface area (Å²) < 4.78 is 5.76. The van der Waals surface area contributed by atoms with Gasteiger partial charge in [0.1, 0.15) is 5.75 Å². The van der Waals surface area contributed by atoms with Crippen LogP contribution in [0.15, 0.2) is 18.2 Å². The number of halogens is 1. The van der Waals surface area contributed by atoms with Crippen molar-refractivity contribution in [2.45, 2.75) is 52.0 Å². The van der Waals surface area contributed by atoms with Crippen LogP contribution in [0, 0.1) is 0 Å². The normalized spacial score (nSPS) is 13.2. The first-order valence-electron chi connectivity index (χ1n) is 5.87. The van der Waals surface area contributed by atoms with Crippen LogP contribution in [0.5, 0.6) is 5.75 Å². The molecule has 1 unspecified atom stereocenters. The summed E-state index contributed by atoms with van der Waals surface area (Å²) in [6, 6.07) is 6.33. The smallest absolute Gasteiger partial charge is 0.169 e. The van der Waals surface area contributed by atoms with Gasteiger partial charge in [0.15, 0.2) is 5.56 Å². The van der Waals surface area contributed by atoms with Crippen LogP contribution in [-0.2, 0) is 0 Å². The van der Waals surface area contributed by atoms with Gasteiger partial charge in [0, 0.05) is 0 Å². The minimum absolute atomic E-state index is 0.294. The van der Waals surface area contributed by atoms with Crippen LogP contribution in [0.4, 0.5) is 0 Å². The molecule has 1 aromatic rings. The molecular weight excluding hydrogens is 220 g/mol. The van der Waals surface area contributed by atoms with Crippen molar-refractivity contribution in [3.05, 3.63) is 29.3 Å². The van der Waals surface area contributed by atoms with E-state index in [1.165, 1.54) is 11.1 Å². The van der Waals surface area contributed by atoms with Gasteiger partial charge in [-0.25, -0.2) is 0 Å². The van der Waals surface area contributed by atoms with Gasteiger partial charge in [-0.3, -0.25) is 0 Å². The van der Waals surface area contributed by atoms with E-state index in [1.54, 1.807) is 0 Å². The van der Waals surface area contributed by atoms with Crippen molar-refractivity contribution in [3.63, 3.8) is 0 Å². The molecule has 2 heteroatoms. The van der Waals surface area contributed by atoms with E-state index in [2.05, 4.69) is 45.9 Å². The van der Waals surface area contributed by atoms with Gasteiger partial charge in [-0.1, -0.05) is 57.5 Å². The highest BCUT2D eigenvalue weighted by Crippen LogP contribution is 2.35. The monoisotopic (exact) mass is 240 g/mol. The predicted molar refractivity (Wildman–Crippen MR) is 70.6 cm³/mol. The standard InChI is InChI=1S/C14H21ClO/c1-9(2)12-7-6-8-13(10(3)4)14(12)16-11(5)15/h6-11H,1-5H3. The average molecular weight is 241 g/mol. The quantitative estimate of drug-likeness (QED) is 0.681. The Morgan fingerprint density at radius 3 is 1.69 bits per heavy atom. The lowest BCUT2D eigenvalue weighted by atomic mass is 9.94. The lowest BCUT2D eigenvalue weighted by Gasteiger charge is -2.20. The van der Waals surface area contributed by atoms with E-state index >= 15 is 0 Å². The second-order valence-corrected chi connectivity index (χ2v) is 5.35. The number of hydrogen-bond donors (Lipinski definition) is 0. The molecule has 0 aliphatic carbocycles. The molecule has 1 aromatic carbocycles. The van der Waals surface area contributed by atoms with Crippen molar-refractivity contribution in [2.24, 2.45) is 0 Å².